The van der Waals surface area contributed by atoms with Crippen LogP contribution in [-0.2, 0) is 10.0 Å². The fraction of sp³-hybridized carbons (Fsp3) is 1.00. The molecule has 2 unspecified atom stereocenters. The van der Waals surface area contributed by atoms with Crippen LogP contribution in [0.3, 0.4) is 0 Å². The Balaban J connectivity index is 2.42. The zero-order chi connectivity index (χ0) is 10.6. The van der Waals surface area contributed by atoms with Gasteiger partial charge in [0.05, 0.1) is 5.75 Å². The van der Waals surface area contributed by atoms with Gasteiger partial charge in [-0.3, -0.25) is 0 Å². The van der Waals surface area contributed by atoms with Crippen LogP contribution in [0.25, 0.3) is 0 Å². The third kappa shape index (κ3) is 3.55. The zero-order valence-electron chi connectivity index (χ0n) is 8.91. The highest BCUT2D eigenvalue weighted by Crippen LogP contribution is 2.13. The van der Waals surface area contributed by atoms with Gasteiger partial charge < -0.3 is 5.32 Å². The largest absolute Gasteiger partial charge is 0.316 e. The summed E-state index contributed by atoms with van der Waals surface area (Å²) in [5.74, 6) is 0.680. The maximum atomic E-state index is 11.5. The number of sulfonamides is 1. The van der Waals surface area contributed by atoms with E-state index in [4.69, 9.17) is 0 Å². The van der Waals surface area contributed by atoms with Crippen molar-refractivity contribution in [2.45, 2.75) is 32.7 Å². The van der Waals surface area contributed by atoms with Gasteiger partial charge in [-0.15, -0.1) is 0 Å². The first-order valence-electron chi connectivity index (χ1n) is 5.26. The molecule has 0 aliphatic carbocycles. The smallest absolute Gasteiger partial charge is 0.211 e. The average molecular weight is 220 g/mol. The van der Waals surface area contributed by atoms with Crippen LogP contribution >= 0.6 is 0 Å². The molecule has 14 heavy (non-hydrogen) atoms. The monoisotopic (exact) mass is 220 g/mol. The summed E-state index contributed by atoms with van der Waals surface area (Å²) >= 11 is 0. The molecule has 0 aromatic heterocycles. The van der Waals surface area contributed by atoms with E-state index < -0.39 is 10.0 Å². The molecule has 1 saturated heterocycles. The van der Waals surface area contributed by atoms with Crippen molar-refractivity contribution in [1.82, 2.24) is 10.0 Å². The molecule has 1 rings (SSSR count). The molecule has 4 nitrogen and oxygen atoms in total. The lowest BCUT2D eigenvalue weighted by Crippen LogP contribution is -2.39. The lowest BCUT2D eigenvalue weighted by molar-refractivity contribution is 0.444. The molecule has 1 heterocycles. The molecule has 0 bridgehead atoms. The van der Waals surface area contributed by atoms with Gasteiger partial charge in [0.15, 0.2) is 0 Å². The molecule has 1 fully saturated rings. The van der Waals surface area contributed by atoms with Crippen molar-refractivity contribution in [2.24, 2.45) is 5.92 Å². The van der Waals surface area contributed by atoms with Crippen molar-refractivity contribution in [1.29, 1.82) is 0 Å². The van der Waals surface area contributed by atoms with Crippen LogP contribution in [0.5, 0.6) is 0 Å². The second-order valence-corrected chi connectivity index (χ2v) is 5.85. The quantitative estimate of drug-likeness (QED) is 0.701. The predicted octanol–water partition coefficient (Wildman–Crippen LogP) is 0.314. The van der Waals surface area contributed by atoms with Gasteiger partial charge in [-0.25, -0.2) is 13.1 Å². The molecular weight excluding hydrogens is 200 g/mol. The maximum absolute atomic E-state index is 11.5. The standard InChI is InChI=1S/C9H20N2O2S/c1-3-6-14(12,13)11-8(2)9-4-5-10-7-9/h8-11H,3-7H2,1-2H3. The van der Waals surface area contributed by atoms with Crippen molar-refractivity contribution in [2.75, 3.05) is 18.8 Å². The number of rotatable bonds is 5. The molecule has 0 saturated carbocycles. The van der Waals surface area contributed by atoms with Crippen LogP contribution in [0.4, 0.5) is 0 Å². The summed E-state index contributed by atoms with van der Waals surface area (Å²) in [6.07, 6.45) is 1.74. The van der Waals surface area contributed by atoms with Crippen molar-refractivity contribution in [3.63, 3.8) is 0 Å². The minimum atomic E-state index is -3.05. The van der Waals surface area contributed by atoms with Crippen molar-refractivity contribution < 1.29 is 8.42 Å². The zero-order valence-corrected chi connectivity index (χ0v) is 9.73. The van der Waals surface area contributed by atoms with Crippen LogP contribution in [0.1, 0.15) is 26.7 Å². The molecular formula is C9H20N2O2S. The topological polar surface area (TPSA) is 58.2 Å². The van der Waals surface area contributed by atoms with Gasteiger partial charge in [-0.2, -0.15) is 0 Å². The fourth-order valence-electron chi connectivity index (χ4n) is 1.81. The Bertz CT molecular complexity index is 258. The van der Waals surface area contributed by atoms with Crippen LogP contribution in [0, 0.1) is 5.92 Å². The van der Waals surface area contributed by atoms with Gasteiger partial charge in [0.1, 0.15) is 0 Å². The van der Waals surface area contributed by atoms with E-state index in [1.54, 1.807) is 0 Å². The van der Waals surface area contributed by atoms with Gasteiger partial charge in [0, 0.05) is 6.04 Å². The van der Waals surface area contributed by atoms with Crippen LogP contribution in [-0.4, -0.2) is 33.3 Å². The lowest BCUT2D eigenvalue weighted by Gasteiger charge is -2.19. The summed E-state index contributed by atoms with van der Waals surface area (Å²) in [5.41, 5.74) is 0. The Morgan fingerprint density at radius 2 is 2.29 bits per heavy atom. The Morgan fingerprint density at radius 1 is 1.57 bits per heavy atom. The minimum absolute atomic E-state index is 0.0570. The van der Waals surface area contributed by atoms with E-state index in [0.29, 0.717) is 12.3 Å². The van der Waals surface area contributed by atoms with Gasteiger partial charge in [-0.05, 0) is 38.8 Å². The van der Waals surface area contributed by atoms with Gasteiger partial charge >= 0.3 is 0 Å². The van der Waals surface area contributed by atoms with Gasteiger partial charge in [0.25, 0.3) is 0 Å². The second kappa shape index (κ2) is 5.09. The molecule has 2 N–H and O–H groups in total. The molecule has 1 aliphatic rings. The highest BCUT2D eigenvalue weighted by atomic mass is 32.2. The first kappa shape index (κ1) is 11.9. The fourth-order valence-corrected chi connectivity index (χ4v) is 3.23. The van der Waals surface area contributed by atoms with Crippen LogP contribution < -0.4 is 10.0 Å². The molecule has 0 spiro atoms. The minimum Gasteiger partial charge on any atom is -0.316 e. The maximum Gasteiger partial charge on any atom is 0.211 e. The van der Waals surface area contributed by atoms with Gasteiger partial charge in [-0.1, -0.05) is 6.92 Å². The van der Waals surface area contributed by atoms with Crippen molar-refractivity contribution in [3.8, 4) is 0 Å². The Kier molecular flexibility index (Phi) is 4.34. The summed E-state index contributed by atoms with van der Waals surface area (Å²) in [6.45, 7) is 5.76. The summed E-state index contributed by atoms with van der Waals surface area (Å²) in [7, 11) is -3.05. The number of hydrogen-bond acceptors (Lipinski definition) is 3. The normalized spacial score (nSPS) is 25.1. The Hall–Kier alpha value is -0.130. The molecule has 0 aromatic rings. The lowest BCUT2D eigenvalue weighted by atomic mass is 10.0. The molecule has 5 heteroatoms. The molecule has 0 aromatic carbocycles. The van der Waals surface area contributed by atoms with E-state index in [9.17, 15) is 8.42 Å². The van der Waals surface area contributed by atoms with E-state index in [-0.39, 0.29) is 11.8 Å². The van der Waals surface area contributed by atoms with E-state index in [1.165, 1.54) is 0 Å². The van der Waals surface area contributed by atoms with Gasteiger partial charge in [0.2, 0.25) is 10.0 Å². The predicted molar refractivity (Wildman–Crippen MR) is 57.7 cm³/mol. The Morgan fingerprint density at radius 3 is 2.79 bits per heavy atom. The molecule has 1 aliphatic heterocycles. The van der Waals surface area contributed by atoms with E-state index in [0.717, 1.165) is 19.5 Å². The molecule has 0 radical (unpaired) electrons. The van der Waals surface area contributed by atoms with Crippen molar-refractivity contribution >= 4 is 10.0 Å². The number of hydrogen-bond donors (Lipinski definition) is 2. The highest BCUT2D eigenvalue weighted by molar-refractivity contribution is 7.89. The summed E-state index contributed by atoms with van der Waals surface area (Å²) in [4.78, 5) is 0. The third-order valence-electron chi connectivity index (χ3n) is 2.64. The van der Waals surface area contributed by atoms with Crippen molar-refractivity contribution in [3.05, 3.63) is 0 Å². The Labute approximate surface area is 86.5 Å². The summed E-state index contributed by atoms with van der Waals surface area (Å²) in [6, 6.07) is 0.0570. The van der Waals surface area contributed by atoms with E-state index in [2.05, 4.69) is 10.0 Å². The summed E-state index contributed by atoms with van der Waals surface area (Å²) < 4.78 is 25.7. The molecule has 2 atom stereocenters. The average Bonchev–Trinajstić information content (AvgIpc) is 2.53. The van der Waals surface area contributed by atoms with Crippen LogP contribution in [0.15, 0.2) is 0 Å². The van der Waals surface area contributed by atoms with E-state index >= 15 is 0 Å². The van der Waals surface area contributed by atoms with E-state index in [1.807, 2.05) is 13.8 Å². The SMILES string of the molecule is CCCS(=O)(=O)NC(C)C1CCNC1. The number of nitrogens with one attached hydrogen (secondary N) is 2. The molecule has 0 amide bonds. The second-order valence-electron chi connectivity index (χ2n) is 3.98. The third-order valence-corrected chi connectivity index (χ3v) is 4.32. The first-order valence-corrected chi connectivity index (χ1v) is 6.91. The van der Waals surface area contributed by atoms with Crippen LogP contribution in [0.2, 0.25) is 0 Å². The summed E-state index contributed by atoms with van der Waals surface area (Å²) in [5, 5.41) is 3.24. The first-order chi connectivity index (χ1) is 6.55. The molecule has 84 valence electrons. The highest BCUT2D eigenvalue weighted by Gasteiger charge is 2.24.